The number of aryl methyl sites for hydroxylation is 3. The first-order chi connectivity index (χ1) is 21.6. The molecule has 0 fully saturated rings. The SMILES string of the molecule is CCCc1c(Nc2nc(=O)n(-c3cncc4cccc(CC)c34)c(=O)n2Cc2cc(F)c(F)cc2F)c(Cl)cc2nn(C)cc12. The maximum absolute atomic E-state index is 14.9. The van der Waals surface area contributed by atoms with Crippen molar-refractivity contribution in [3.63, 3.8) is 0 Å². The molecule has 9 nitrogen and oxygen atoms in total. The maximum atomic E-state index is 14.9. The number of aromatic nitrogens is 6. The van der Waals surface area contributed by atoms with Crippen LogP contribution in [0.3, 0.4) is 0 Å². The van der Waals surface area contributed by atoms with Crippen molar-refractivity contribution in [1.29, 1.82) is 0 Å². The number of halogens is 4. The van der Waals surface area contributed by atoms with Gasteiger partial charge in [-0.25, -0.2) is 27.3 Å². The Kier molecular flexibility index (Phi) is 7.92. The summed E-state index contributed by atoms with van der Waals surface area (Å²) in [6, 6.07) is 8.25. The van der Waals surface area contributed by atoms with Gasteiger partial charge in [0.2, 0.25) is 5.95 Å². The molecule has 0 saturated heterocycles. The van der Waals surface area contributed by atoms with E-state index in [1.807, 2.05) is 32.2 Å². The number of hydrogen-bond donors (Lipinski definition) is 1. The van der Waals surface area contributed by atoms with Crippen LogP contribution in [0.15, 0.2) is 64.6 Å². The Morgan fingerprint density at radius 3 is 2.51 bits per heavy atom. The molecule has 0 radical (unpaired) electrons. The van der Waals surface area contributed by atoms with Gasteiger partial charge >= 0.3 is 11.4 Å². The van der Waals surface area contributed by atoms with Gasteiger partial charge in [-0.2, -0.15) is 10.1 Å². The van der Waals surface area contributed by atoms with Crippen LogP contribution in [0.1, 0.15) is 37.0 Å². The monoisotopic (exact) mass is 633 g/mol. The van der Waals surface area contributed by atoms with Gasteiger partial charge in [0.15, 0.2) is 11.6 Å². The lowest BCUT2D eigenvalue weighted by atomic mass is 10.0. The van der Waals surface area contributed by atoms with E-state index in [2.05, 4.69) is 20.4 Å². The molecule has 0 unspecified atom stereocenters. The summed E-state index contributed by atoms with van der Waals surface area (Å²) in [5.41, 5.74) is 0.663. The van der Waals surface area contributed by atoms with E-state index >= 15 is 0 Å². The summed E-state index contributed by atoms with van der Waals surface area (Å²) < 4.78 is 46.5. The molecule has 0 aliphatic rings. The molecule has 0 amide bonds. The van der Waals surface area contributed by atoms with Crippen molar-refractivity contribution in [2.24, 2.45) is 7.05 Å². The van der Waals surface area contributed by atoms with Gasteiger partial charge in [-0.05, 0) is 36.1 Å². The Morgan fingerprint density at radius 1 is 0.978 bits per heavy atom. The van der Waals surface area contributed by atoms with Crippen LogP contribution >= 0.6 is 11.6 Å². The second-order valence-corrected chi connectivity index (χ2v) is 11.0. The summed E-state index contributed by atoms with van der Waals surface area (Å²) in [6.45, 7) is 3.33. The fraction of sp³-hybridized carbons (Fsp3) is 0.219. The van der Waals surface area contributed by atoms with Gasteiger partial charge in [0, 0.05) is 47.2 Å². The molecule has 0 aliphatic carbocycles. The van der Waals surface area contributed by atoms with Gasteiger partial charge in [0.05, 0.1) is 34.7 Å². The lowest BCUT2D eigenvalue weighted by Crippen LogP contribution is -2.42. The Bertz CT molecular complexity index is 2240. The molecule has 45 heavy (non-hydrogen) atoms. The van der Waals surface area contributed by atoms with E-state index in [-0.39, 0.29) is 22.2 Å². The summed E-state index contributed by atoms with van der Waals surface area (Å²) in [6.07, 6.45) is 6.72. The summed E-state index contributed by atoms with van der Waals surface area (Å²) in [4.78, 5) is 36.5. The molecule has 0 bridgehead atoms. The number of benzene rings is 3. The van der Waals surface area contributed by atoms with E-state index in [0.29, 0.717) is 47.0 Å². The lowest BCUT2D eigenvalue weighted by Gasteiger charge is -2.19. The van der Waals surface area contributed by atoms with Crippen molar-refractivity contribution < 1.29 is 13.2 Å². The largest absolute Gasteiger partial charge is 0.359 e. The van der Waals surface area contributed by atoms with Crippen LogP contribution in [0.5, 0.6) is 0 Å². The smallest absolute Gasteiger partial charge is 0.324 e. The van der Waals surface area contributed by atoms with Crippen LogP contribution in [-0.2, 0) is 26.4 Å². The number of nitrogens with one attached hydrogen (secondary N) is 1. The van der Waals surface area contributed by atoms with Crippen molar-refractivity contribution in [3.05, 3.63) is 115 Å². The number of rotatable bonds is 8. The summed E-state index contributed by atoms with van der Waals surface area (Å²) >= 11 is 6.71. The van der Waals surface area contributed by atoms with Crippen LogP contribution in [0.25, 0.3) is 27.4 Å². The minimum atomic E-state index is -1.38. The average molecular weight is 634 g/mol. The van der Waals surface area contributed by atoms with E-state index in [1.165, 1.54) is 6.20 Å². The first kappa shape index (κ1) is 30.1. The van der Waals surface area contributed by atoms with Gasteiger partial charge in [0.1, 0.15) is 5.82 Å². The highest BCUT2D eigenvalue weighted by Crippen LogP contribution is 2.36. The van der Waals surface area contributed by atoms with E-state index in [4.69, 9.17) is 11.6 Å². The zero-order valence-electron chi connectivity index (χ0n) is 24.5. The van der Waals surface area contributed by atoms with E-state index in [9.17, 15) is 22.8 Å². The molecule has 3 aromatic heterocycles. The Hall–Kier alpha value is -4.97. The number of hydrogen-bond acceptors (Lipinski definition) is 6. The predicted molar refractivity (Wildman–Crippen MR) is 167 cm³/mol. The van der Waals surface area contributed by atoms with Crippen molar-refractivity contribution in [1.82, 2.24) is 28.9 Å². The standard InChI is InChI=1S/C32H27ClF3N7O2/c1-4-7-20-21-16-41(3)40-26(21)11-22(33)29(20)38-30-39-31(44)43(27-14-37-13-18-9-6-8-17(5-2)28(18)27)32(45)42(30)15-19-10-24(35)25(36)12-23(19)34/h6,8-14,16H,4-5,7,15H2,1-3H3,(H,38,39,44). The van der Waals surface area contributed by atoms with Crippen molar-refractivity contribution >= 4 is 44.9 Å². The Balaban J connectivity index is 1.62. The van der Waals surface area contributed by atoms with Gasteiger partial charge in [-0.1, -0.05) is 50.1 Å². The molecule has 6 rings (SSSR count). The molecule has 0 spiro atoms. The van der Waals surface area contributed by atoms with E-state index in [0.717, 1.165) is 32.1 Å². The lowest BCUT2D eigenvalue weighted by molar-refractivity contribution is 0.487. The molecule has 0 saturated carbocycles. The summed E-state index contributed by atoms with van der Waals surface area (Å²) in [7, 11) is 1.78. The van der Waals surface area contributed by atoms with Gasteiger partial charge in [-0.3, -0.25) is 14.2 Å². The average Bonchev–Trinajstić information content (AvgIpc) is 3.38. The van der Waals surface area contributed by atoms with Crippen molar-refractivity contribution in [2.75, 3.05) is 5.32 Å². The zero-order valence-corrected chi connectivity index (χ0v) is 25.3. The second-order valence-electron chi connectivity index (χ2n) is 10.6. The highest BCUT2D eigenvalue weighted by Gasteiger charge is 2.22. The highest BCUT2D eigenvalue weighted by atomic mass is 35.5. The molecule has 0 atom stereocenters. The molecule has 6 aromatic rings. The third-order valence-electron chi connectivity index (χ3n) is 7.68. The Labute approximate surface area is 259 Å². The predicted octanol–water partition coefficient (Wildman–Crippen LogP) is 6.21. The fourth-order valence-corrected chi connectivity index (χ4v) is 5.89. The van der Waals surface area contributed by atoms with Crippen LogP contribution < -0.4 is 16.7 Å². The van der Waals surface area contributed by atoms with E-state index in [1.54, 1.807) is 30.1 Å². The minimum absolute atomic E-state index is 0.181. The number of nitrogens with zero attached hydrogens (tertiary/aromatic N) is 6. The molecular weight excluding hydrogens is 607 g/mol. The summed E-state index contributed by atoms with van der Waals surface area (Å²) in [5.74, 6) is -4.01. The van der Waals surface area contributed by atoms with Gasteiger partial charge in [0.25, 0.3) is 0 Å². The number of anilines is 2. The van der Waals surface area contributed by atoms with E-state index < -0.39 is 35.4 Å². The van der Waals surface area contributed by atoms with Gasteiger partial charge in [-0.15, -0.1) is 0 Å². The minimum Gasteiger partial charge on any atom is -0.324 e. The maximum Gasteiger partial charge on any atom is 0.359 e. The second kappa shape index (κ2) is 11.8. The van der Waals surface area contributed by atoms with Crippen molar-refractivity contribution in [2.45, 2.75) is 39.7 Å². The normalized spacial score (nSPS) is 11.5. The van der Waals surface area contributed by atoms with Crippen LogP contribution in [0.4, 0.5) is 24.8 Å². The quantitative estimate of drug-likeness (QED) is 0.200. The molecule has 230 valence electrons. The topological polar surface area (TPSA) is 99.6 Å². The van der Waals surface area contributed by atoms with Crippen LogP contribution in [0.2, 0.25) is 5.02 Å². The van der Waals surface area contributed by atoms with Crippen LogP contribution in [-0.4, -0.2) is 28.9 Å². The molecule has 0 aliphatic heterocycles. The van der Waals surface area contributed by atoms with Crippen molar-refractivity contribution in [3.8, 4) is 5.69 Å². The number of pyridine rings is 1. The molecule has 13 heteroatoms. The molecule has 3 aromatic carbocycles. The third-order valence-corrected chi connectivity index (χ3v) is 7.98. The first-order valence-corrected chi connectivity index (χ1v) is 14.6. The van der Waals surface area contributed by atoms with Crippen LogP contribution in [0, 0.1) is 17.5 Å². The highest BCUT2D eigenvalue weighted by molar-refractivity contribution is 6.34. The third kappa shape index (κ3) is 5.35. The Morgan fingerprint density at radius 2 is 1.76 bits per heavy atom. The fourth-order valence-electron chi connectivity index (χ4n) is 5.62. The summed E-state index contributed by atoms with van der Waals surface area (Å²) in [5, 5.41) is 9.85. The van der Waals surface area contributed by atoms with Gasteiger partial charge < -0.3 is 5.32 Å². The first-order valence-electron chi connectivity index (χ1n) is 14.3. The zero-order chi connectivity index (χ0) is 32.0. The number of fused-ring (bicyclic) bond motifs is 2. The molecular formula is C32H27ClF3N7O2. The molecule has 3 heterocycles. The molecule has 1 N–H and O–H groups in total.